The van der Waals surface area contributed by atoms with E-state index >= 15 is 0 Å². The van der Waals surface area contributed by atoms with Gasteiger partial charge in [0.1, 0.15) is 17.1 Å². The van der Waals surface area contributed by atoms with E-state index in [0.717, 1.165) is 5.39 Å². The fraction of sp³-hybridized carbons (Fsp3) is 0. The van der Waals surface area contributed by atoms with Crippen molar-refractivity contribution in [3.05, 3.63) is 30.3 Å². The predicted octanol–water partition coefficient (Wildman–Crippen LogP) is 1.49. The highest BCUT2D eigenvalue weighted by atomic mass is 32.2. The molecular weight excluding hydrogens is 216 g/mol. The van der Waals surface area contributed by atoms with Crippen LogP contribution in [0.1, 0.15) is 0 Å². The monoisotopic (exact) mass is 224 g/mol. The average molecular weight is 224 g/mol. The van der Waals surface area contributed by atoms with E-state index in [1.54, 1.807) is 24.3 Å². The third-order valence-electron chi connectivity index (χ3n) is 1.89. The van der Waals surface area contributed by atoms with Crippen molar-refractivity contribution in [3.63, 3.8) is 0 Å². The zero-order valence-corrected chi connectivity index (χ0v) is 8.36. The minimum atomic E-state index is -2.16. The second-order valence-corrected chi connectivity index (χ2v) is 3.60. The maximum absolute atomic E-state index is 10.5. The molecule has 1 atom stereocenters. The van der Waals surface area contributed by atoms with Crippen LogP contribution in [0.4, 0.5) is 5.82 Å². The minimum Gasteiger partial charge on any atom is -0.506 e. The molecule has 3 N–H and O–H groups in total. The number of para-hydroxylation sites is 1. The first kappa shape index (κ1) is 9.88. The molecule has 1 heterocycles. The van der Waals surface area contributed by atoms with Crippen molar-refractivity contribution in [2.75, 3.05) is 4.72 Å². The van der Waals surface area contributed by atoms with E-state index in [0.29, 0.717) is 5.52 Å². The second kappa shape index (κ2) is 3.84. The first-order chi connectivity index (χ1) is 7.16. The molecule has 0 amide bonds. The predicted molar refractivity (Wildman–Crippen MR) is 57.8 cm³/mol. The Morgan fingerprint density at radius 2 is 2.07 bits per heavy atom. The molecule has 1 aromatic carbocycles. The van der Waals surface area contributed by atoms with Crippen molar-refractivity contribution < 1.29 is 13.9 Å². The molecular formula is C9H8N2O3S. The number of fused-ring (bicyclic) bond motifs is 1. The first-order valence-electron chi connectivity index (χ1n) is 4.13. The van der Waals surface area contributed by atoms with Crippen molar-refractivity contribution in [2.45, 2.75) is 0 Å². The van der Waals surface area contributed by atoms with Gasteiger partial charge in [-0.3, -0.25) is 9.27 Å². The van der Waals surface area contributed by atoms with E-state index in [9.17, 15) is 9.32 Å². The fourth-order valence-electron chi connectivity index (χ4n) is 1.28. The summed E-state index contributed by atoms with van der Waals surface area (Å²) in [6.07, 6.45) is 0. The van der Waals surface area contributed by atoms with E-state index in [2.05, 4.69) is 9.71 Å². The number of pyridine rings is 1. The Kier molecular flexibility index (Phi) is 2.53. The molecule has 0 saturated carbocycles. The van der Waals surface area contributed by atoms with E-state index < -0.39 is 11.3 Å². The lowest BCUT2D eigenvalue weighted by Gasteiger charge is -2.03. The number of rotatable bonds is 2. The quantitative estimate of drug-likeness (QED) is 0.675. The zero-order chi connectivity index (χ0) is 10.8. The van der Waals surface area contributed by atoms with Crippen LogP contribution in [0.25, 0.3) is 10.9 Å². The molecule has 0 saturated heterocycles. The molecule has 5 nitrogen and oxygen atoms in total. The average Bonchev–Trinajstić information content (AvgIpc) is 2.18. The number of anilines is 1. The molecule has 0 aliphatic rings. The summed E-state index contributed by atoms with van der Waals surface area (Å²) in [6, 6.07) is 8.28. The zero-order valence-electron chi connectivity index (χ0n) is 7.54. The van der Waals surface area contributed by atoms with Crippen LogP contribution in [0.5, 0.6) is 5.75 Å². The van der Waals surface area contributed by atoms with Crippen molar-refractivity contribution in [1.82, 2.24) is 4.98 Å². The maximum atomic E-state index is 10.5. The van der Waals surface area contributed by atoms with E-state index in [-0.39, 0.29) is 11.6 Å². The second-order valence-electron chi connectivity index (χ2n) is 2.90. The van der Waals surface area contributed by atoms with E-state index in [4.69, 9.17) is 4.55 Å². The lowest BCUT2D eigenvalue weighted by atomic mass is 10.2. The molecule has 1 unspecified atom stereocenters. The summed E-state index contributed by atoms with van der Waals surface area (Å²) in [7, 11) is 0. The van der Waals surface area contributed by atoms with Crippen LogP contribution in [0, 0.1) is 0 Å². The maximum Gasteiger partial charge on any atom is 0.260 e. The molecule has 6 heteroatoms. The fourth-order valence-corrected chi connectivity index (χ4v) is 1.57. The molecule has 0 fully saturated rings. The van der Waals surface area contributed by atoms with Crippen LogP contribution < -0.4 is 4.72 Å². The van der Waals surface area contributed by atoms with Gasteiger partial charge in [0.2, 0.25) is 0 Å². The summed E-state index contributed by atoms with van der Waals surface area (Å²) in [6.45, 7) is 0. The van der Waals surface area contributed by atoms with Crippen LogP contribution in [0.15, 0.2) is 30.3 Å². The van der Waals surface area contributed by atoms with E-state index in [1.165, 1.54) is 6.07 Å². The van der Waals surface area contributed by atoms with Gasteiger partial charge in [-0.25, -0.2) is 9.19 Å². The van der Waals surface area contributed by atoms with Crippen molar-refractivity contribution in [3.8, 4) is 5.75 Å². The Balaban J connectivity index is 2.54. The van der Waals surface area contributed by atoms with Gasteiger partial charge in [-0.1, -0.05) is 12.1 Å². The van der Waals surface area contributed by atoms with Crippen LogP contribution in [-0.2, 0) is 11.3 Å². The number of hydrogen-bond acceptors (Lipinski definition) is 3. The molecule has 78 valence electrons. The standard InChI is InChI=1S/C9H8N2O3S/c12-7-3-1-2-6-4-5-8(10-9(6)7)11-15(13)14/h1-5,12H,(H,10,11)(H,13,14). The number of nitrogens with one attached hydrogen (secondary N) is 1. The van der Waals surface area contributed by atoms with Gasteiger partial charge < -0.3 is 5.11 Å². The van der Waals surface area contributed by atoms with Crippen molar-refractivity contribution in [1.29, 1.82) is 0 Å². The minimum absolute atomic E-state index is 0.0415. The number of benzene rings is 1. The van der Waals surface area contributed by atoms with Gasteiger partial charge in [0.25, 0.3) is 11.3 Å². The molecule has 0 radical (unpaired) electrons. The Hall–Kier alpha value is -1.66. The molecule has 0 bridgehead atoms. The Bertz CT molecular complexity index is 530. The highest BCUT2D eigenvalue weighted by Crippen LogP contribution is 2.23. The number of aromatic nitrogens is 1. The summed E-state index contributed by atoms with van der Waals surface area (Å²) in [4.78, 5) is 4.00. The molecule has 0 spiro atoms. The van der Waals surface area contributed by atoms with Gasteiger partial charge in [0.05, 0.1) is 0 Å². The molecule has 1 aromatic heterocycles. The summed E-state index contributed by atoms with van der Waals surface area (Å²) < 4.78 is 21.3. The summed E-state index contributed by atoms with van der Waals surface area (Å²) in [5.41, 5.74) is 0.396. The van der Waals surface area contributed by atoms with Gasteiger partial charge in [-0.05, 0) is 18.2 Å². The summed E-state index contributed by atoms with van der Waals surface area (Å²) >= 11 is -2.16. The van der Waals surface area contributed by atoms with E-state index in [1.807, 2.05) is 0 Å². The van der Waals surface area contributed by atoms with Gasteiger partial charge in [0.15, 0.2) is 0 Å². The number of phenolic OH excluding ortho intramolecular Hbond substituents is 1. The molecule has 2 rings (SSSR count). The Morgan fingerprint density at radius 1 is 1.27 bits per heavy atom. The van der Waals surface area contributed by atoms with Crippen LogP contribution in [-0.4, -0.2) is 18.9 Å². The lowest BCUT2D eigenvalue weighted by molar-refractivity contribution is 0.480. The van der Waals surface area contributed by atoms with Crippen LogP contribution in [0.3, 0.4) is 0 Å². The van der Waals surface area contributed by atoms with Crippen LogP contribution >= 0.6 is 0 Å². The molecule has 0 aliphatic heterocycles. The topological polar surface area (TPSA) is 82.5 Å². The number of nitrogens with zero attached hydrogens (tertiary/aromatic N) is 1. The number of phenols is 1. The van der Waals surface area contributed by atoms with Gasteiger partial charge >= 0.3 is 0 Å². The van der Waals surface area contributed by atoms with Gasteiger partial charge in [0, 0.05) is 5.39 Å². The third-order valence-corrected chi connectivity index (χ3v) is 2.27. The molecule has 15 heavy (non-hydrogen) atoms. The molecule has 2 aromatic rings. The van der Waals surface area contributed by atoms with Crippen molar-refractivity contribution >= 4 is 28.0 Å². The SMILES string of the molecule is O=S(O)Nc1ccc2cccc(O)c2n1. The highest BCUT2D eigenvalue weighted by molar-refractivity contribution is 7.80. The largest absolute Gasteiger partial charge is 0.506 e. The third kappa shape index (κ3) is 2.05. The number of hydrogen-bond donors (Lipinski definition) is 3. The first-order valence-corrected chi connectivity index (χ1v) is 5.24. The van der Waals surface area contributed by atoms with Gasteiger partial charge in [-0.2, -0.15) is 0 Å². The Labute approximate surface area is 88.2 Å². The highest BCUT2D eigenvalue weighted by Gasteiger charge is 2.03. The summed E-state index contributed by atoms with van der Waals surface area (Å²) in [5.74, 6) is 0.282. The van der Waals surface area contributed by atoms with Crippen molar-refractivity contribution in [2.24, 2.45) is 0 Å². The number of aromatic hydroxyl groups is 1. The smallest absolute Gasteiger partial charge is 0.260 e. The normalized spacial score (nSPS) is 12.6. The molecule has 0 aliphatic carbocycles. The van der Waals surface area contributed by atoms with Gasteiger partial charge in [-0.15, -0.1) is 0 Å². The van der Waals surface area contributed by atoms with Crippen LogP contribution in [0.2, 0.25) is 0 Å². The Morgan fingerprint density at radius 3 is 2.80 bits per heavy atom. The lowest BCUT2D eigenvalue weighted by Crippen LogP contribution is -2.03. The summed E-state index contributed by atoms with van der Waals surface area (Å²) in [5, 5.41) is 10.3.